The number of nitrogens with two attached hydrogens (primary N) is 1. The molecule has 3 aliphatic rings. The molecule has 2 unspecified atom stereocenters. The van der Waals surface area contributed by atoms with Gasteiger partial charge in [0.25, 0.3) is 0 Å². The Morgan fingerprint density at radius 1 is 1.42 bits per heavy atom. The van der Waals surface area contributed by atoms with Crippen molar-refractivity contribution in [3.8, 4) is 0 Å². The number of carbonyl (C=O) groups is 1. The first kappa shape index (κ1) is 8.09. The van der Waals surface area contributed by atoms with E-state index in [9.17, 15) is 4.79 Å². The van der Waals surface area contributed by atoms with E-state index < -0.39 is 0 Å². The van der Waals surface area contributed by atoms with Crippen molar-refractivity contribution >= 4 is 5.91 Å². The topological polar surface area (TPSA) is 43.1 Å². The van der Waals surface area contributed by atoms with E-state index in [-0.39, 0.29) is 11.8 Å². The third-order valence-electron chi connectivity index (χ3n) is 4.22. The summed E-state index contributed by atoms with van der Waals surface area (Å²) in [7, 11) is 0. The third-order valence-corrected chi connectivity index (χ3v) is 4.22. The highest BCUT2D eigenvalue weighted by molar-refractivity contribution is 5.77. The van der Waals surface area contributed by atoms with E-state index in [2.05, 4.69) is 13.8 Å². The minimum absolute atomic E-state index is 0.0776. The normalized spacial score (nSPS) is 43.3. The van der Waals surface area contributed by atoms with Crippen molar-refractivity contribution in [3.63, 3.8) is 0 Å². The number of amides is 1. The highest BCUT2D eigenvalue weighted by atomic mass is 16.1. The molecule has 0 heterocycles. The number of hydrogen-bond donors (Lipinski definition) is 1. The number of carbonyl (C=O) groups excluding carboxylic acids is 1. The van der Waals surface area contributed by atoms with Gasteiger partial charge < -0.3 is 5.73 Å². The van der Waals surface area contributed by atoms with Gasteiger partial charge in [-0.15, -0.1) is 0 Å². The van der Waals surface area contributed by atoms with Crippen molar-refractivity contribution in [2.75, 3.05) is 0 Å². The van der Waals surface area contributed by atoms with Gasteiger partial charge in [0, 0.05) is 5.92 Å². The Kier molecular flexibility index (Phi) is 1.51. The average Bonchev–Trinajstić information content (AvgIpc) is 2.04. The summed E-state index contributed by atoms with van der Waals surface area (Å²) in [5.74, 6) is 1.53. The van der Waals surface area contributed by atoms with Gasteiger partial charge in [0.15, 0.2) is 0 Å². The van der Waals surface area contributed by atoms with Crippen LogP contribution in [0.15, 0.2) is 0 Å². The first-order chi connectivity index (χ1) is 5.53. The molecule has 2 bridgehead atoms. The zero-order valence-electron chi connectivity index (χ0n) is 7.84. The van der Waals surface area contributed by atoms with Crippen molar-refractivity contribution in [3.05, 3.63) is 0 Å². The van der Waals surface area contributed by atoms with Gasteiger partial charge in [0.05, 0.1) is 0 Å². The molecule has 3 fully saturated rings. The lowest BCUT2D eigenvalue weighted by Gasteiger charge is -2.59. The summed E-state index contributed by atoms with van der Waals surface area (Å²) in [6.45, 7) is 4.56. The fourth-order valence-corrected chi connectivity index (χ4v) is 3.15. The molecule has 0 radical (unpaired) electrons. The van der Waals surface area contributed by atoms with Gasteiger partial charge in [-0.3, -0.25) is 4.79 Å². The summed E-state index contributed by atoms with van der Waals surface area (Å²) in [4.78, 5) is 11.1. The third kappa shape index (κ3) is 0.838. The van der Waals surface area contributed by atoms with Gasteiger partial charge in [0.2, 0.25) is 5.91 Å². The van der Waals surface area contributed by atoms with Crippen LogP contribution in [0.4, 0.5) is 0 Å². The zero-order valence-corrected chi connectivity index (χ0v) is 7.84. The van der Waals surface area contributed by atoms with Gasteiger partial charge in [-0.05, 0) is 36.5 Å². The summed E-state index contributed by atoms with van der Waals surface area (Å²) < 4.78 is 0. The Labute approximate surface area is 73.5 Å². The zero-order chi connectivity index (χ0) is 8.93. The van der Waals surface area contributed by atoms with Crippen molar-refractivity contribution in [1.29, 1.82) is 0 Å². The standard InChI is InChI=1S/C10H17NO/c1-10(2)6-3-4-7(9(11)12)8(10)5-6/h6-8H,3-5H2,1-2H3,(H2,11,12)/t6?,7?,8-/m1/s1. The molecule has 0 spiro atoms. The van der Waals surface area contributed by atoms with Crippen LogP contribution >= 0.6 is 0 Å². The highest BCUT2D eigenvalue weighted by Gasteiger charge is 2.55. The molecule has 2 nitrogen and oxygen atoms in total. The molecule has 0 aliphatic heterocycles. The second kappa shape index (κ2) is 2.24. The predicted octanol–water partition coefficient (Wildman–Crippen LogP) is 1.54. The molecule has 2 N–H and O–H groups in total. The molecular weight excluding hydrogens is 150 g/mol. The first-order valence-corrected chi connectivity index (χ1v) is 4.83. The Hall–Kier alpha value is -0.530. The van der Waals surface area contributed by atoms with Crippen LogP contribution in [0.2, 0.25) is 0 Å². The minimum atomic E-state index is -0.0776. The minimum Gasteiger partial charge on any atom is -0.369 e. The van der Waals surface area contributed by atoms with E-state index in [1.807, 2.05) is 0 Å². The molecule has 0 aromatic heterocycles. The lowest BCUT2D eigenvalue weighted by atomic mass is 9.45. The quantitative estimate of drug-likeness (QED) is 0.632. The fourth-order valence-electron chi connectivity index (χ4n) is 3.15. The van der Waals surface area contributed by atoms with E-state index >= 15 is 0 Å². The van der Waals surface area contributed by atoms with Crippen molar-refractivity contribution in [2.45, 2.75) is 33.1 Å². The maximum Gasteiger partial charge on any atom is 0.220 e. The van der Waals surface area contributed by atoms with Crippen LogP contribution in [0.3, 0.4) is 0 Å². The van der Waals surface area contributed by atoms with Crippen molar-refractivity contribution < 1.29 is 4.79 Å². The summed E-state index contributed by atoms with van der Waals surface area (Å²) >= 11 is 0. The smallest absolute Gasteiger partial charge is 0.220 e. The second-order valence-electron chi connectivity index (χ2n) is 4.95. The average molecular weight is 167 g/mol. The Morgan fingerprint density at radius 2 is 2.08 bits per heavy atom. The van der Waals surface area contributed by atoms with Gasteiger partial charge in [-0.2, -0.15) is 0 Å². The molecule has 3 saturated carbocycles. The number of hydrogen-bond acceptors (Lipinski definition) is 1. The van der Waals surface area contributed by atoms with Crippen LogP contribution in [0.25, 0.3) is 0 Å². The molecule has 2 heteroatoms. The molecule has 1 amide bonds. The Morgan fingerprint density at radius 3 is 2.42 bits per heavy atom. The predicted molar refractivity (Wildman–Crippen MR) is 47.3 cm³/mol. The molecule has 12 heavy (non-hydrogen) atoms. The maximum atomic E-state index is 11.1. The lowest BCUT2D eigenvalue weighted by Crippen LogP contribution is -2.55. The van der Waals surface area contributed by atoms with Crippen LogP contribution in [-0.2, 0) is 4.79 Å². The molecule has 3 atom stereocenters. The van der Waals surface area contributed by atoms with Crippen LogP contribution in [0.5, 0.6) is 0 Å². The second-order valence-corrected chi connectivity index (χ2v) is 4.95. The van der Waals surface area contributed by atoms with Crippen LogP contribution in [-0.4, -0.2) is 5.91 Å². The van der Waals surface area contributed by atoms with E-state index in [1.165, 1.54) is 12.8 Å². The summed E-state index contributed by atoms with van der Waals surface area (Å²) in [6, 6.07) is 0. The number of fused-ring (bicyclic) bond motifs is 2. The van der Waals surface area contributed by atoms with E-state index in [4.69, 9.17) is 5.73 Å². The Bertz CT molecular complexity index is 220. The molecule has 0 aromatic rings. The van der Waals surface area contributed by atoms with Crippen LogP contribution < -0.4 is 5.73 Å². The largest absolute Gasteiger partial charge is 0.369 e. The summed E-state index contributed by atoms with van der Waals surface area (Å²) in [6.07, 6.45) is 3.48. The number of rotatable bonds is 1. The summed E-state index contributed by atoms with van der Waals surface area (Å²) in [5.41, 5.74) is 5.75. The van der Waals surface area contributed by atoms with Gasteiger partial charge >= 0.3 is 0 Å². The number of primary amides is 1. The SMILES string of the molecule is CC1(C)C2CCC(C(N)=O)[C@H]1C2. The van der Waals surface area contributed by atoms with E-state index in [0.29, 0.717) is 11.3 Å². The summed E-state index contributed by atoms with van der Waals surface area (Å²) in [5, 5.41) is 0. The molecule has 3 aliphatic carbocycles. The molecule has 0 aromatic carbocycles. The molecular formula is C10H17NO. The van der Waals surface area contributed by atoms with Crippen molar-refractivity contribution in [2.24, 2.45) is 28.9 Å². The van der Waals surface area contributed by atoms with E-state index in [0.717, 1.165) is 12.3 Å². The highest BCUT2D eigenvalue weighted by Crippen LogP contribution is 2.61. The van der Waals surface area contributed by atoms with Gasteiger partial charge in [0.1, 0.15) is 0 Å². The van der Waals surface area contributed by atoms with Gasteiger partial charge in [-0.1, -0.05) is 13.8 Å². The monoisotopic (exact) mass is 167 g/mol. The first-order valence-electron chi connectivity index (χ1n) is 4.83. The fraction of sp³-hybridized carbons (Fsp3) is 0.900. The van der Waals surface area contributed by atoms with Gasteiger partial charge in [-0.25, -0.2) is 0 Å². The molecule has 3 rings (SSSR count). The molecule has 0 saturated heterocycles. The maximum absolute atomic E-state index is 11.1. The van der Waals surface area contributed by atoms with Crippen LogP contribution in [0.1, 0.15) is 33.1 Å². The van der Waals surface area contributed by atoms with Crippen LogP contribution in [0, 0.1) is 23.2 Å². The molecule has 68 valence electrons. The van der Waals surface area contributed by atoms with Crippen molar-refractivity contribution in [1.82, 2.24) is 0 Å². The Balaban J connectivity index is 2.16. The van der Waals surface area contributed by atoms with E-state index in [1.54, 1.807) is 0 Å². The lowest BCUT2D eigenvalue weighted by molar-refractivity contribution is -0.145.